The molecular formula is C87H138NO8P. The molecule has 2 unspecified atom stereocenters. The third-order valence-electron chi connectivity index (χ3n) is 15.4. The van der Waals surface area contributed by atoms with Gasteiger partial charge in [-0.1, -0.05) is 335 Å². The topological polar surface area (TPSA) is 134 Å². The van der Waals surface area contributed by atoms with E-state index in [0.717, 1.165) is 161 Å². The molecule has 10 heteroatoms. The molecule has 97 heavy (non-hydrogen) atoms. The second-order valence-electron chi connectivity index (χ2n) is 24.4. The summed E-state index contributed by atoms with van der Waals surface area (Å²) in [4.78, 5) is 35.4. The van der Waals surface area contributed by atoms with Crippen LogP contribution in [0.1, 0.15) is 284 Å². The van der Waals surface area contributed by atoms with Crippen LogP contribution in [-0.4, -0.2) is 49.3 Å². The van der Waals surface area contributed by atoms with Crippen LogP contribution in [0.4, 0.5) is 0 Å². The predicted molar refractivity (Wildman–Crippen MR) is 421 cm³/mol. The number of rotatable bonds is 69. The van der Waals surface area contributed by atoms with Crippen molar-refractivity contribution in [3.8, 4) is 0 Å². The van der Waals surface area contributed by atoms with Crippen molar-refractivity contribution in [2.45, 2.75) is 290 Å². The van der Waals surface area contributed by atoms with E-state index in [1.165, 1.54) is 89.9 Å². The summed E-state index contributed by atoms with van der Waals surface area (Å²) >= 11 is 0. The normalized spacial score (nSPS) is 14.1. The van der Waals surface area contributed by atoms with Gasteiger partial charge in [-0.05, 0) is 154 Å². The third-order valence-corrected chi connectivity index (χ3v) is 16.3. The first kappa shape index (κ1) is 91.3. The van der Waals surface area contributed by atoms with Crippen LogP contribution in [0.15, 0.2) is 219 Å². The summed E-state index contributed by atoms with van der Waals surface area (Å²) < 4.78 is 33.2. The van der Waals surface area contributed by atoms with E-state index in [0.29, 0.717) is 6.42 Å². The van der Waals surface area contributed by atoms with Gasteiger partial charge in [-0.15, -0.1) is 0 Å². The van der Waals surface area contributed by atoms with Crippen LogP contribution in [0, 0.1) is 0 Å². The van der Waals surface area contributed by atoms with Crippen LogP contribution >= 0.6 is 7.82 Å². The van der Waals surface area contributed by atoms with Crippen molar-refractivity contribution >= 4 is 19.8 Å². The minimum Gasteiger partial charge on any atom is -0.462 e. The molecule has 3 N–H and O–H groups in total. The average molecular weight is 1360 g/mol. The number of carbonyl (C=O) groups excluding carboxylic acids is 2. The molecule has 544 valence electrons. The molecule has 0 aliphatic carbocycles. The molecule has 0 fully saturated rings. The summed E-state index contributed by atoms with van der Waals surface area (Å²) in [6.07, 6.45) is 123. The fourth-order valence-corrected chi connectivity index (χ4v) is 10.6. The first-order valence-electron chi connectivity index (χ1n) is 38.2. The van der Waals surface area contributed by atoms with Crippen LogP contribution in [0.25, 0.3) is 0 Å². The van der Waals surface area contributed by atoms with E-state index < -0.39 is 32.5 Å². The highest BCUT2D eigenvalue weighted by Crippen LogP contribution is 2.43. The molecule has 0 amide bonds. The maximum Gasteiger partial charge on any atom is 0.472 e. The van der Waals surface area contributed by atoms with Gasteiger partial charge < -0.3 is 20.1 Å². The molecule has 0 heterocycles. The summed E-state index contributed by atoms with van der Waals surface area (Å²) in [5, 5.41) is 0. The molecule has 0 rings (SSSR count). The lowest BCUT2D eigenvalue weighted by molar-refractivity contribution is -0.161. The van der Waals surface area contributed by atoms with E-state index in [1.807, 2.05) is 0 Å². The Morgan fingerprint density at radius 1 is 0.309 bits per heavy atom. The Labute approximate surface area is 594 Å². The number of esters is 2. The molecule has 0 bridgehead atoms. The Balaban J connectivity index is 3.98. The third kappa shape index (κ3) is 79.2. The van der Waals surface area contributed by atoms with Gasteiger partial charge in [-0.3, -0.25) is 18.6 Å². The molecule has 9 nitrogen and oxygen atoms in total. The van der Waals surface area contributed by atoms with Gasteiger partial charge in [0, 0.05) is 19.4 Å². The second-order valence-corrected chi connectivity index (χ2v) is 25.9. The van der Waals surface area contributed by atoms with Gasteiger partial charge >= 0.3 is 19.8 Å². The van der Waals surface area contributed by atoms with Crippen molar-refractivity contribution in [1.82, 2.24) is 0 Å². The summed E-state index contributed by atoms with van der Waals surface area (Å²) in [5.74, 6) is -0.875. The Bertz CT molecular complexity index is 2400. The van der Waals surface area contributed by atoms with Crippen molar-refractivity contribution in [3.05, 3.63) is 219 Å². The zero-order chi connectivity index (χ0) is 70.0. The van der Waals surface area contributed by atoms with Gasteiger partial charge in [0.1, 0.15) is 6.61 Å². The SMILES string of the molecule is CC/C=C\C/C=C\C/C=C\C/C=C\C/C=C\C/C=C\C/C=C\C/C=C\C/C=C\C/C=C\C/C=C\CCCCCC(=O)OC(COC(=O)CCCCCCCCCCCCCCCCCCC/C=C\C/C=C\C/C=C\C/C=C\C/C=C\C/C=C\C/C=C\CC)COP(=O)(O)OCCN. The average Bonchev–Trinajstić information content (AvgIpc) is 2.17. The van der Waals surface area contributed by atoms with Crippen LogP contribution in [0.5, 0.6) is 0 Å². The molecule has 0 aromatic rings. The quantitative estimate of drug-likeness (QED) is 0.0264. The summed E-state index contributed by atoms with van der Waals surface area (Å²) in [5.41, 5.74) is 5.41. The molecule has 2 atom stereocenters. The first-order chi connectivity index (χ1) is 47.8. The fraction of sp³-hybridized carbons (Fsp3) is 0.563. The minimum atomic E-state index is -4.42. The fourth-order valence-electron chi connectivity index (χ4n) is 9.80. The van der Waals surface area contributed by atoms with E-state index in [1.54, 1.807) is 0 Å². The number of phosphoric acid groups is 1. The smallest absolute Gasteiger partial charge is 0.462 e. The Hall–Kier alpha value is -5.67. The number of unbranched alkanes of at least 4 members (excludes halogenated alkanes) is 20. The van der Waals surface area contributed by atoms with E-state index in [2.05, 4.69) is 233 Å². The highest BCUT2D eigenvalue weighted by Gasteiger charge is 2.26. The van der Waals surface area contributed by atoms with Crippen molar-refractivity contribution in [2.24, 2.45) is 5.73 Å². The van der Waals surface area contributed by atoms with Crippen molar-refractivity contribution in [2.75, 3.05) is 26.4 Å². The molecule has 0 saturated carbocycles. The van der Waals surface area contributed by atoms with E-state index in [9.17, 15) is 19.0 Å². The Morgan fingerprint density at radius 3 is 0.804 bits per heavy atom. The molecule has 0 aliphatic rings. The highest BCUT2D eigenvalue weighted by atomic mass is 31.2. The van der Waals surface area contributed by atoms with Gasteiger partial charge in [0.05, 0.1) is 13.2 Å². The van der Waals surface area contributed by atoms with Crippen molar-refractivity contribution < 1.29 is 37.6 Å². The number of allylic oxidation sites excluding steroid dienone is 36. The summed E-state index contributed by atoms with van der Waals surface area (Å²) in [6, 6.07) is 0. The number of phosphoric ester groups is 1. The lowest BCUT2D eigenvalue weighted by atomic mass is 10.0. The lowest BCUT2D eigenvalue weighted by Crippen LogP contribution is -2.29. The van der Waals surface area contributed by atoms with Crippen LogP contribution in [0.3, 0.4) is 0 Å². The second kappa shape index (κ2) is 79.3. The van der Waals surface area contributed by atoms with Gasteiger partial charge in [0.25, 0.3) is 0 Å². The molecule has 0 aromatic heterocycles. The molecule has 0 spiro atoms. The standard InChI is InChI=1S/C87H138NO8P/c1-3-5-7-9-11-13-15-17-19-21-23-25-27-29-31-33-35-37-39-41-42-44-45-47-49-51-53-55-57-59-61-63-65-67-69-71-73-75-77-79-86(89)93-83-85(84-95-97(91,92)94-82-81-88)96-87(90)80-78-76-74-72-70-68-66-64-62-60-58-56-54-52-50-48-46-43-40-38-36-34-32-30-28-26-24-22-20-18-16-14-12-10-8-6-4-2/h5-8,11-14,17-20,23-26,29-32,35-38,41-43,46,50,52,56,58,62,64,68,70,85H,3-4,9-10,15-16,21-22,27-28,33-34,39-40,44-45,47-49,51,53-55,57,59-61,63,65-67,69,71-84,88H2,1-2H3,(H,91,92)/b7-5-,8-6-,13-11-,14-12-,19-17-,20-18-,25-23-,26-24-,31-29-,32-30-,37-35-,38-36-,42-41-,46-43-,52-50-,58-56-,64-62-,70-68-. The molecule has 0 aliphatic heterocycles. The van der Waals surface area contributed by atoms with E-state index >= 15 is 0 Å². The first-order valence-corrected chi connectivity index (χ1v) is 39.7. The predicted octanol–water partition coefficient (Wildman–Crippen LogP) is 26.0. The number of hydrogen-bond acceptors (Lipinski definition) is 8. The molecule has 0 aromatic carbocycles. The Morgan fingerprint density at radius 2 is 0.536 bits per heavy atom. The molecule has 0 radical (unpaired) electrons. The van der Waals surface area contributed by atoms with Crippen LogP contribution < -0.4 is 5.73 Å². The number of carbonyl (C=O) groups is 2. The molecule has 0 saturated heterocycles. The van der Waals surface area contributed by atoms with E-state index in [4.69, 9.17) is 24.3 Å². The number of hydrogen-bond donors (Lipinski definition) is 2. The van der Waals surface area contributed by atoms with E-state index in [-0.39, 0.29) is 32.6 Å². The number of ether oxygens (including phenoxy) is 2. The summed E-state index contributed by atoms with van der Waals surface area (Å²) in [7, 11) is -4.42. The Kier molecular flexibility index (Phi) is 74.7. The van der Waals surface area contributed by atoms with Crippen LogP contribution in [-0.2, 0) is 32.7 Å². The number of nitrogens with two attached hydrogens (primary N) is 1. The zero-order valence-electron chi connectivity index (χ0n) is 61.2. The highest BCUT2D eigenvalue weighted by molar-refractivity contribution is 7.47. The van der Waals surface area contributed by atoms with Crippen molar-refractivity contribution in [1.29, 1.82) is 0 Å². The molecular weight excluding hydrogens is 1220 g/mol. The van der Waals surface area contributed by atoms with Gasteiger partial charge in [0.15, 0.2) is 6.10 Å². The maximum absolute atomic E-state index is 12.8. The zero-order valence-corrected chi connectivity index (χ0v) is 62.1. The van der Waals surface area contributed by atoms with Gasteiger partial charge in [-0.2, -0.15) is 0 Å². The summed E-state index contributed by atoms with van der Waals surface area (Å²) in [6.45, 7) is 3.47. The largest absolute Gasteiger partial charge is 0.472 e. The minimum absolute atomic E-state index is 0.0376. The van der Waals surface area contributed by atoms with Crippen molar-refractivity contribution in [3.63, 3.8) is 0 Å². The lowest BCUT2D eigenvalue weighted by Gasteiger charge is -2.19. The van der Waals surface area contributed by atoms with Crippen LogP contribution in [0.2, 0.25) is 0 Å². The monoisotopic (exact) mass is 1360 g/mol. The maximum atomic E-state index is 12.8. The van der Waals surface area contributed by atoms with Gasteiger partial charge in [-0.25, -0.2) is 4.57 Å². The van der Waals surface area contributed by atoms with Gasteiger partial charge in [0.2, 0.25) is 0 Å².